The molecule has 2 aromatic heterocycles. The van der Waals surface area contributed by atoms with Crippen molar-refractivity contribution in [3.05, 3.63) is 100 Å². The number of aryl methyl sites for hydroxylation is 1. The monoisotopic (exact) mass is 435 g/mol. The number of alkyl halides is 3. The number of rotatable bonds is 4. The SMILES string of the molecule is Cc1cc(-c2ccc(C(F)(F)F)cc2)nc(-c2ccnc(-c3cccc([N+](=O)[O-])c3)c2)c1. The second-order valence-electron chi connectivity index (χ2n) is 7.23. The fourth-order valence-corrected chi connectivity index (χ4v) is 3.32. The molecule has 8 heteroatoms. The third kappa shape index (κ3) is 4.49. The predicted molar refractivity (Wildman–Crippen MR) is 115 cm³/mol. The van der Waals surface area contributed by atoms with E-state index in [9.17, 15) is 23.3 Å². The zero-order chi connectivity index (χ0) is 22.9. The van der Waals surface area contributed by atoms with E-state index in [4.69, 9.17) is 0 Å². The molecule has 2 aromatic carbocycles. The van der Waals surface area contributed by atoms with Crippen molar-refractivity contribution in [2.75, 3.05) is 0 Å². The number of halogens is 3. The Morgan fingerprint density at radius 3 is 2.12 bits per heavy atom. The number of nitro groups is 1. The van der Waals surface area contributed by atoms with Gasteiger partial charge in [-0.3, -0.25) is 15.1 Å². The van der Waals surface area contributed by atoms with Crippen molar-refractivity contribution < 1.29 is 18.1 Å². The average Bonchev–Trinajstić information content (AvgIpc) is 2.78. The van der Waals surface area contributed by atoms with E-state index in [0.717, 1.165) is 23.3 Å². The maximum absolute atomic E-state index is 12.9. The number of benzene rings is 2. The Labute approximate surface area is 181 Å². The van der Waals surface area contributed by atoms with Gasteiger partial charge in [-0.15, -0.1) is 0 Å². The third-order valence-corrected chi connectivity index (χ3v) is 4.89. The maximum atomic E-state index is 12.9. The predicted octanol–water partition coefficient (Wildman–Crippen LogP) is 6.71. The molecule has 0 N–H and O–H groups in total. The summed E-state index contributed by atoms with van der Waals surface area (Å²) in [5.41, 5.74) is 3.74. The first-order valence-electron chi connectivity index (χ1n) is 9.58. The van der Waals surface area contributed by atoms with E-state index in [1.165, 1.54) is 24.3 Å². The van der Waals surface area contributed by atoms with E-state index < -0.39 is 16.7 Å². The number of nitro benzene ring substituents is 1. The highest BCUT2D eigenvalue weighted by Crippen LogP contribution is 2.32. The molecule has 0 fully saturated rings. The summed E-state index contributed by atoms with van der Waals surface area (Å²) in [5, 5.41) is 11.1. The van der Waals surface area contributed by atoms with Crippen LogP contribution in [0.2, 0.25) is 0 Å². The standard InChI is InChI=1S/C24H16F3N3O2/c1-15-11-22(16-5-7-19(8-6-16)24(25,26)27)29-23(12-15)18-9-10-28-21(14-18)17-3-2-4-20(13-17)30(31)32/h2-14H,1H3. The molecule has 32 heavy (non-hydrogen) atoms. The highest BCUT2D eigenvalue weighted by Gasteiger charge is 2.30. The van der Waals surface area contributed by atoms with Crippen molar-refractivity contribution in [2.45, 2.75) is 13.1 Å². The van der Waals surface area contributed by atoms with Crippen molar-refractivity contribution >= 4 is 5.69 Å². The Hall–Kier alpha value is -4.07. The molecule has 0 aliphatic rings. The molecular formula is C24H16F3N3O2. The van der Waals surface area contributed by atoms with Gasteiger partial charge in [-0.2, -0.15) is 13.2 Å². The van der Waals surface area contributed by atoms with E-state index in [2.05, 4.69) is 9.97 Å². The first kappa shape index (κ1) is 21.2. The smallest absolute Gasteiger partial charge is 0.258 e. The molecule has 160 valence electrons. The molecule has 0 bridgehead atoms. The molecule has 0 atom stereocenters. The summed E-state index contributed by atoms with van der Waals surface area (Å²) in [5.74, 6) is 0. The third-order valence-electron chi connectivity index (χ3n) is 4.89. The molecule has 0 spiro atoms. The van der Waals surface area contributed by atoms with E-state index in [1.54, 1.807) is 36.5 Å². The topological polar surface area (TPSA) is 68.9 Å². The fraction of sp³-hybridized carbons (Fsp3) is 0.0833. The number of hydrogen-bond donors (Lipinski definition) is 0. The normalized spacial score (nSPS) is 11.4. The summed E-state index contributed by atoms with van der Waals surface area (Å²) < 4.78 is 38.6. The minimum atomic E-state index is -4.40. The largest absolute Gasteiger partial charge is 0.416 e. The zero-order valence-corrected chi connectivity index (χ0v) is 16.8. The first-order valence-corrected chi connectivity index (χ1v) is 9.58. The van der Waals surface area contributed by atoms with Crippen LogP contribution in [-0.2, 0) is 6.18 Å². The summed E-state index contributed by atoms with van der Waals surface area (Å²) >= 11 is 0. The lowest BCUT2D eigenvalue weighted by Gasteiger charge is -2.10. The van der Waals surface area contributed by atoms with E-state index in [1.807, 2.05) is 13.0 Å². The lowest BCUT2D eigenvalue weighted by atomic mass is 10.0. The van der Waals surface area contributed by atoms with Crippen molar-refractivity contribution in [3.8, 4) is 33.8 Å². The highest BCUT2D eigenvalue weighted by atomic mass is 19.4. The van der Waals surface area contributed by atoms with Gasteiger partial charge in [-0.1, -0.05) is 24.3 Å². The van der Waals surface area contributed by atoms with Crippen LogP contribution < -0.4 is 0 Å². The summed E-state index contributed by atoms with van der Waals surface area (Å²) in [6, 6.07) is 18.2. The van der Waals surface area contributed by atoms with Crippen LogP contribution in [0, 0.1) is 17.0 Å². The minimum Gasteiger partial charge on any atom is -0.258 e. The van der Waals surface area contributed by atoms with Gasteiger partial charge < -0.3 is 0 Å². The lowest BCUT2D eigenvalue weighted by Crippen LogP contribution is -2.04. The fourth-order valence-electron chi connectivity index (χ4n) is 3.32. The van der Waals surface area contributed by atoms with Gasteiger partial charge in [0, 0.05) is 35.0 Å². The Morgan fingerprint density at radius 2 is 1.47 bits per heavy atom. The molecule has 0 saturated heterocycles. The molecule has 0 aliphatic heterocycles. The van der Waals surface area contributed by atoms with Crippen molar-refractivity contribution in [1.29, 1.82) is 0 Å². The van der Waals surface area contributed by atoms with Gasteiger partial charge in [0.05, 0.1) is 27.6 Å². The van der Waals surface area contributed by atoms with Gasteiger partial charge >= 0.3 is 6.18 Å². The van der Waals surface area contributed by atoms with Gasteiger partial charge in [-0.05, 0) is 48.9 Å². The summed E-state index contributed by atoms with van der Waals surface area (Å²) in [6.45, 7) is 1.88. The van der Waals surface area contributed by atoms with Gasteiger partial charge in [-0.25, -0.2) is 4.98 Å². The number of hydrogen-bond acceptors (Lipinski definition) is 4. The van der Waals surface area contributed by atoms with Gasteiger partial charge in [0.2, 0.25) is 0 Å². The van der Waals surface area contributed by atoms with Gasteiger partial charge in [0.15, 0.2) is 0 Å². The number of non-ortho nitro benzene ring substituents is 1. The van der Waals surface area contributed by atoms with Crippen LogP contribution in [0.3, 0.4) is 0 Å². The van der Waals surface area contributed by atoms with E-state index in [0.29, 0.717) is 28.2 Å². The molecule has 4 aromatic rings. The molecule has 0 amide bonds. The lowest BCUT2D eigenvalue weighted by molar-refractivity contribution is -0.384. The second kappa shape index (κ2) is 8.22. The Morgan fingerprint density at radius 1 is 0.812 bits per heavy atom. The van der Waals surface area contributed by atoms with Crippen LogP contribution in [0.4, 0.5) is 18.9 Å². The molecule has 0 unspecified atom stereocenters. The Bertz CT molecular complexity index is 1300. The van der Waals surface area contributed by atoms with Crippen molar-refractivity contribution in [1.82, 2.24) is 9.97 Å². The average molecular weight is 435 g/mol. The van der Waals surface area contributed by atoms with Crippen LogP contribution in [0.1, 0.15) is 11.1 Å². The van der Waals surface area contributed by atoms with Gasteiger partial charge in [0.25, 0.3) is 5.69 Å². The molecule has 4 rings (SSSR count). The van der Waals surface area contributed by atoms with Crippen LogP contribution in [0.15, 0.2) is 79.0 Å². The Balaban J connectivity index is 1.72. The van der Waals surface area contributed by atoms with Crippen LogP contribution >= 0.6 is 0 Å². The zero-order valence-electron chi connectivity index (χ0n) is 16.8. The second-order valence-corrected chi connectivity index (χ2v) is 7.23. The number of nitrogens with zero attached hydrogens (tertiary/aromatic N) is 3. The van der Waals surface area contributed by atoms with Crippen LogP contribution in [0.25, 0.3) is 33.8 Å². The number of pyridine rings is 2. The number of aromatic nitrogens is 2. The molecular weight excluding hydrogens is 419 g/mol. The molecule has 0 radical (unpaired) electrons. The van der Waals surface area contributed by atoms with E-state index in [-0.39, 0.29) is 5.69 Å². The summed E-state index contributed by atoms with van der Waals surface area (Å²) in [6.07, 6.45) is -2.81. The first-order chi connectivity index (χ1) is 15.2. The summed E-state index contributed by atoms with van der Waals surface area (Å²) in [4.78, 5) is 19.5. The molecule has 5 nitrogen and oxygen atoms in total. The van der Waals surface area contributed by atoms with Crippen LogP contribution in [0.5, 0.6) is 0 Å². The molecule has 0 aliphatic carbocycles. The highest BCUT2D eigenvalue weighted by molar-refractivity contribution is 5.72. The molecule has 2 heterocycles. The van der Waals surface area contributed by atoms with Crippen molar-refractivity contribution in [2.24, 2.45) is 0 Å². The quantitative estimate of drug-likeness (QED) is 0.264. The summed E-state index contributed by atoms with van der Waals surface area (Å²) in [7, 11) is 0. The van der Waals surface area contributed by atoms with Crippen LogP contribution in [-0.4, -0.2) is 14.9 Å². The maximum Gasteiger partial charge on any atom is 0.416 e. The van der Waals surface area contributed by atoms with Gasteiger partial charge in [0.1, 0.15) is 0 Å². The van der Waals surface area contributed by atoms with E-state index >= 15 is 0 Å². The minimum absolute atomic E-state index is 0.0343. The van der Waals surface area contributed by atoms with Crippen molar-refractivity contribution in [3.63, 3.8) is 0 Å². The molecule has 0 saturated carbocycles. The Kier molecular flexibility index (Phi) is 5.44.